The summed E-state index contributed by atoms with van der Waals surface area (Å²) in [5.41, 5.74) is 5.54. The molecule has 17 heavy (non-hydrogen) atoms. The number of ether oxygens (including phenoxy) is 1. The number of piperidine rings is 1. The van der Waals surface area contributed by atoms with Crippen LogP contribution in [0.4, 0.5) is 0 Å². The maximum absolute atomic E-state index is 11.9. The number of hydrogen-bond donors (Lipinski definition) is 1. The zero-order chi connectivity index (χ0) is 12.9. The van der Waals surface area contributed by atoms with Crippen LogP contribution in [0, 0.1) is 5.92 Å². The number of carbonyl (C=O) groups is 1. The average Bonchev–Trinajstić information content (AvgIpc) is 2.28. The van der Waals surface area contributed by atoms with Gasteiger partial charge in [0.25, 0.3) is 0 Å². The smallest absolute Gasteiger partial charge is 0.322 e. The van der Waals surface area contributed by atoms with Crippen molar-refractivity contribution in [2.75, 3.05) is 32.0 Å². The molecule has 100 valence electrons. The molecule has 0 radical (unpaired) electrons. The van der Waals surface area contributed by atoms with Crippen LogP contribution in [0.3, 0.4) is 0 Å². The van der Waals surface area contributed by atoms with Crippen molar-refractivity contribution >= 4 is 16.0 Å². The van der Waals surface area contributed by atoms with E-state index in [1.165, 1.54) is 4.31 Å². The van der Waals surface area contributed by atoms with Crippen molar-refractivity contribution in [3.8, 4) is 0 Å². The first-order valence-corrected chi connectivity index (χ1v) is 7.44. The normalized spacial score (nSPS) is 22.4. The molecular weight excluding hydrogens is 244 g/mol. The van der Waals surface area contributed by atoms with E-state index in [4.69, 9.17) is 5.73 Å². The van der Waals surface area contributed by atoms with Gasteiger partial charge in [0.15, 0.2) is 5.75 Å². The Morgan fingerprint density at radius 3 is 2.82 bits per heavy atom. The van der Waals surface area contributed by atoms with Crippen molar-refractivity contribution in [2.45, 2.75) is 19.8 Å². The van der Waals surface area contributed by atoms with Crippen LogP contribution in [0.15, 0.2) is 0 Å². The Morgan fingerprint density at radius 1 is 1.53 bits per heavy atom. The molecule has 0 spiro atoms. The lowest BCUT2D eigenvalue weighted by molar-refractivity contribution is -0.140. The van der Waals surface area contributed by atoms with Crippen LogP contribution in [-0.2, 0) is 19.6 Å². The van der Waals surface area contributed by atoms with Gasteiger partial charge in [-0.3, -0.25) is 4.79 Å². The van der Waals surface area contributed by atoms with Crippen molar-refractivity contribution in [2.24, 2.45) is 11.7 Å². The SMILES string of the molecule is CCOC(=O)CS(=O)(=O)N1CCCC(CN)C1. The molecule has 1 saturated heterocycles. The predicted molar refractivity (Wildman–Crippen MR) is 63.8 cm³/mol. The van der Waals surface area contributed by atoms with E-state index in [1.807, 2.05) is 0 Å². The number of hydrogen-bond acceptors (Lipinski definition) is 5. The Morgan fingerprint density at radius 2 is 2.24 bits per heavy atom. The quantitative estimate of drug-likeness (QED) is 0.679. The van der Waals surface area contributed by atoms with E-state index in [2.05, 4.69) is 4.74 Å². The molecular formula is C10H20N2O4S. The second kappa shape index (κ2) is 6.32. The van der Waals surface area contributed by atoms with Gasteiger partial charge in [0.05, 0.1) is 6.61 Å². The second-order valence-electron chi connectivity index (χ2n) is 4.16. The first-order valence-electron chi connectivity index (χ1n) is 5.83. The van der Waals surface area contributed by atoms with E-state index in [1.54, 1.807) is 6.92 Å². The summed E-state index contributed by atoms with van der Waals surface area (Å²) in [6.07, 6.45) is 1.74. The summed E-state index contributed by atoms with van der Waals surface area (Å²) >= 11 is 0. The standard InChI is InChI=1S/C10H20N2O4S/c1-2-16-10(13)8-17(14,15)12-5-3-4-9(6-11)7-12/h9H,2-8,11H2,1H3. The minimum absolute atomic E-state index is 0.194. The van der Waals surface area contributed by atoms with Gasteiger partial charge in [0.1, 0.15) is 0 Å². The first-order chi connectivity index (χ1) is 7.99. The van der Waals surface area contributed by atoms with Crippen LogP contribution < -0.4 is 5.73 Å². The molecule has 1 unspecified atom stereocenters. The van der Waals surface area contributed by atoms with Crippen LogP contribution in [0.2, 0.25) is 0 Å². The number of nitrogens with zero attached hydrogens (tertiary/aromatic N) is 1. The minimum atomic E-state index is -3.54. The third-order valence-corrected chi connectivity index (χ3v) is 4.53. The fourth-order valence-corrected chi connectivity index (χ4v) is 3.32. The van der Waals surface area contributed by atoms with E-state index in [0.29, 0.717) is 19.6 Å². The molecule has 0 aromatic carbocycles. The van der Waals surface area contributed by atoms with Crippen LogP contribution >= 0.6 is 0 Å². The zero-order valence-electron chi connectivity index (χ0n) is 10.1. The molecule has 0 bridgehead atoms. The van der Waals surface area contributed by atoms with Crippen LogP contribution in [0.1, 0.15) is 19.8 Å². The fraction of sp³-hybridized carbons (Fsp3) is 0.900. The third kappa shape index (κ3) is 4.25. The lowest BCUT2D eigenvalue weighted by Crippen LogP contribution is -2.44. The van der Waals surface area contributed by atoms with Crippen LogP contribution in [0.25, 0.3) is 0 Å². The van der Waals surface area contributed by atoms with E-state index < -0.39 is 21.7 Å². The largest absolute Gasteiger partial charge is 0.465 e. The summed E-state index contributed by atoms with van der Waals surface area (Å²) < 4.78 is 29.8. The fourth-order valence-electron chi connectivity index (χ4n) is 1.91. The van der Waals surface area contributed by atoms with Gasteiger partial charge in [-0.2, -0.15) is 0 Å². The second-order valence-corrected chi connectivity index (χ2v) is 6.13. The Hall–Kier alpha value is -0.660. The van der Waals surface area contributed by atoms with Gasteiger partial charge in [-0.15, -0.1) is 0 Å². The maximum atomic E-state index is 11.9. The highest BCUT2D eigenvalue weighted by Gasteiger charge is 2.30. The van der Waals surface area contributed by atoms with E-state index in [0.717, 1.165) is 12.8 Å². The molecule has 2 N–H and O–H groups in total. The number of esters is 1. The van der Waals surface area contributed by atoms with Gasteiger partial charge in [-0.25, -0.2) is 12.7 Å². The van der Waals surface area contributed by atoms with Crippen molar-refractivity contribution in [1.82, 2.24) is 4.31 Å². The molecule has 0 aliphatic carbocycles. The molecule has 1 rings (SSSR count). The number of sulfonamides is 1. The monoisotopic (exact) mass is 264 g/mol. The molecule has 1 aliphatic heterocycles. The Balaban J connectivity index is 2.60. The molecule has 0 aromatic rings. The molecule has 1 aliphatic rings. The average molecular weight is 264 g/mol. The molecule has 0 amide bonds. The maximum Gasteiger partial charge on any atom is 0.322 e. The molecule has 0 saturated carbocycles. The van der Waals surface area contributed by atoms with Crippen LogP contribution in [0.5, 0.6) is 0 Å². The first kappa shape index (κ1) is 14.4. The molecule has 1 heterocycles. The van der Waals surface area contributed by atoms with Gasteiger partial charge < -0.3 is 10.5 Å². The van der Waals surface area contributed by atoms with Crippen molar-refractivity contribution in [1.29, 1.82) is 0 Å². The van der Waals surface area contributed by atoms with Gasteiger partial charge >= 0.3 is 5.97 Å². The van der Waals surface area contributed by atoms with Crippen molar-refractivity contribution in [3.05, 3.63) is 0 Å². The minimum Gasteiger partial charge on any atom is -0.465 e. The molecule has 6 nitrogen and oxygen atoms in total. The Labute approximate surface area is 102 Å². The van der Waals surface area contributed by atoms with Crippen molar-refractivity contribution < 1.29 is 17.9 Å². The highest BCUT2D eigenvalue weighted by molar-refractivity contribution is 7.89. The Bertz CT molecular complexity index is 355. The lowest BCUT2D eigenvalue weighted by atomic mass is 10.0. The summed E-state index contributed by atoms with van der Waals surface area (Å²) in [5.74, 6) is -1.07. The van der Waals surface area contributed by atoms with E-state index in [-0.39, 0.29) is 12.5 Å². The number of rotatable bonds is 5. The third-order valence-electron chi connectivity index (χ3n) is 2.81. The summed E-state index contributed by atoms with van der Waals surface area (Å²) in [6, 6.07) is 0. The number of nitrogens with two attached hydrogens (primary N) is 1. The highest BCUT2D eigenvalue weighted by atomic mass is 32.2. The van der Waals surface area contributed by atoms with Crippen LogP contribution in [-0.4, -0.2) is 50.7 Å². The van der Waals surface area contributed by atoms with E-state index >= 15 is 0 Å². The van der Waals surface area contributed by atoms with Crippen molar-refractivity contribution in [3.63, 3.8) is 0 Å². The Kier molecular flexibility index (Phi) is 5.35. The van der Waals surface area contributed by atoms with E-state index in [9.17, 15) is 13.2 Å². The summed E-state index contributed by atoms with van der Waals surface area (Å²) in [4.78, 5) is 11.2. The molecule has 7 heteroatoms. The van der Waals surface area contributed by atoms with Gasteiger partial charge in [-0.05, 0) is 32.2 Å². The zero-order valence-corrected chi connectivity index (χ0v) is 10.9. The lowest BCUT2D eigenvalue weighted by Gasteiger charge is -2.30. The topological polar surface area (TPSA) is 89.7 Å². The number of carbonyl (C=O) groups excluding carboxylic acids is 1. The molecule has 0 aromatic heterocycles. The predicted octanol–water partition coefficient (Wildman–Crippen LogP) is -0.450. The summed E-state index contributed by atoms with van der Waals surface area (Å²) in [5, 5.41) is 0. The van der Waals surface area contributed by atoms with Gasteiger partial charge in [0, 0.05) is 13.1 Å². The molecule has 1 fully saturated rings. The van der Waals surface area contributed by atoms with Gasteiger partial charge in [0.2, 0.25) is 10.0 Å². The molecule has 1 atom stereocenters. The van der Waals surface area contributed by atoms with Gasteiger partial charge in [-0.1, -0.05) is 0 Å². The summed E-state index contributed by atoms with van der Waals surface area (Å²) in [7, 11) is -3.54. The highest BCUT2D eigenvalue weighted by Crippen LogP contribution is 2.18. The summed E-state index contributed by atoms with van der Waals surface area (Å²) in [6.45, 7) is 3.21.